The predicted molar refractivity (Wildman–Crippen MR) is 101 cm³/mol. The van der Waals surface area contributed by atoms with E-state index in [1.807, 2.05) is 48.5 Å². The zero-order valence-electron chi connectivity index (χ0n) is 14.9. The number of H-pyrrole nitrogens is 1. The van der Waals surface area contributed by atoms with Crippen LogP contribution in [0.1, 0.15) is 23.3 Å². The van der Waals surface area contributed by atoms with Gasteiger partial charge in [-0.25, -0.2) is 4.98 Å². The molecule has 26 heavy (non-hydrogen) atoms. The molecular formula is C19H23N5O2. The minimum atomic E-state index is -0.401. The first-order valence-electron chi connectivity index (χ1n) is 8.38. The minimum Gasteiger partial charge on any atom is -0.497 e. The lowest BCUT2D eigenvalue weighted by Gasteiger charge is -2.09. The minimum absolute atomic E-state index is 0.401. The molecule has 0 saturated carbocycles. The van der Waals surface area contributed by atoms with E-state index in [1.165, 1.54) is 0 Å². The molecule has 0 aliphatic heterocycles. The van der Waals surface area contributed by atoms with E-state index in [0.29, 0.717) is 12.2 Å². The van der Waals surface area contributed by atoms with Crippen molar-refractivity contribution in [3.63, 3.8) is 0 Å². The summed E-state index contributed by atoms with van der Waals surface area (Å²) in [5, 5.41) is 10.5. The molecule has 1 heterocycles. The van der Waals surface area contributed by atoms with Crippen LogP contribution in [0.2, 0.25) is 0 Å². The summed E-state index contributed by atoms with van der Waals surface area (Å²) >= 11 is 0. The monoisotopic (exact) mass is 353 g/mol. The SMILES string of the molecule is COc1cccc(NCCc2nc(C(N)c3cccc(OC)c3)n[nH]2)c1. The first kappa shape index (κ1) is 17.8. The number of aromatic amines is 1. The summed E-state index contributed by atoms with van der Waals surface area (Å²) in [6, 6.07) is 15.0. The van der Waals surface area contributed by atoms with Crippen LogP contribution in [0.3, 0.4) is 0 Å². The second kappa shape index (κ2) is 8.35. The number of hydrogen-bond acceptors (Lipinski definition) is 6. The molecule has 3 aromatic rings. The van der Waals surface area contributed by atoms with E-state index in [9.17, 15) is 0 Å². The van der Waals surface area contributed by atoms with Gasteiger partial charge in [-0.15, -0.1) is 0 Å². The molecular weight excluding hydrogens is 330 g/mol. The van der Waals surface area contributed by atoms with Gasteiger partial charge in [0.25, 0.3) is 0 Å². The lowest BCUT2D eigenvalue weighted by Crippen LogP contribution is -2.14. The van der Waals surface area contributed by atoms with Gasteiger partial charge >= 0.3 is 0 Å². The van der Waals surface area contributed by atoms with Gasteiger partial charge in [0, 0.05) is 24.7 Å². The van der Waals surface area contributed by atoms with E-state index in [2.05, 4.69) is 20.5 Å². The molecule has 136 valence electrons. The average Bonchev–Trinajstić information content (AvgIpc) is 3.16. The van der Waals surface area contributed by atoms with E-state index < -0.39 is 6.04 Å². The second-order valence-corrected chi connectivity index (χ2v) is 5.80. The van der Waals surface area contributed by atoms with Crippen LogP contribution in [-0.2, 0) is 6.42 Å². The molecule has 7 heteroatoms. The van der Waals surface area contributed by atoms with E-state index in [0.717, 1.165) is 35.1 Å². The zero-order valence-corrected chi connectivity index (χ0v) is 14.9. The number of nitrogens with zero attached hydrogens (tertiary/aromatic N) is 2. The summed E-state index contributed by atoms with van der Waals surface area (Å²) < 4.78 is 10.5. The number of nitrogens with two attached hydrogens (primary N) is 1. The van der Waals surface area contributed by atoms with Crippen LogP contribution in [0, 0.1) is 0 Å². The third-order valence-electron chi connectivity index (χ3n) is 4.04. The van der Waals surface area contributed by atoms with Gasteiger partial charge in [-0.05, 0) is 29.8 Å². The quantitative estimate of drug-likeness (QED) is 0.576. The van der Waals surface area contributed by atoms with Crippen LogP contribution < -0.4 is 20.5 Å². The Morgan fingerprint density at radius 3 is 2.58 bits per heavy atom. The fourth-order valence-electron chi connectivity index (χ4n) is 2.60. The summed E-state index contributed by atoms with van der Waals surface area (Å²) in [6.45, 7) is 0.718. The maximum Gasteiger partial charge on any atom is 0.171 e. The molecule has 1 unspecified atom stereocenters. The second-order valence-electron chi connectivity index (χ2n) is 5.80. The average molecular weight is 353 g/mol. The van der Waals surface area contributed by atoms with Gasteiger partial charge in [0.15, 0.2) is 5.82 Å². The zero-order chi connectivity index (χ0) is 18.4. The first-order valence-corrected chi connectivity index (χ1v) is 8.38. The van der Waals surface area contributed by atoms with Gasteiger partial charge in [0.1, 0.15) is 17.3 Å². The highest BCUT2D eigenvalue weighted by Crippen LogP contribution is 2.21. The Morgan fingerprint density at radius 2 is 1.81 bits per heavy atom. The number of ether oxygens (including phenoxy) is 2. The Hall–Kier alpha value is -3.06. The normalized spacial score (nSPS) is 11.8. The number of benzene rings is 2. The number of methoxy groups -OCH3 is 2. The Balaban J connectivity index is 1.58. The van der Waals surface area contributed by atoms with Crippen molar-refractivity contribution < 1.29 is 9.47 Å². The van der Waals surface area contributed by atoms with E-state index >= 15 is 0 Å². The molecule has 3 rings (SSSR count). The molecule has 2 aromatic carbocycles. The molecule has 0 aliphatic rings. The van der Waals surface area contributed by atoms with Gasteiger partial charge in [0.05, 0.1) is 20.3 Å². The van der Waals surface area contributed by atoms with Gasteiger partial charge in [0.2, 0.25) is 0 Å². The summed E-state index contributed by atoms with van der Waals surface area (Å²) in [5.41, 5.74) is 8.18. The lowest BCUT2D eigenvalue weighted by atomic mass is 10.1. The van der Waals surface area contributed by atoms with Crippen molar-refractivity contribution in [3.8, 4) is 11.5 Å². The van der Waals surface area contributed by atoms with Crippen molar-refractivity contribution in [2.24, 2.45) is 5.73 Å². The third-order valence-corrected chi connectivity index (χ3v) is 4.04. The molecule has 0 spiro atoms. The largest absolute Gasteiger partial charge is 0.497 e. The highest BCUT2D eigenvalue weighted by Gasteiger charge is 2.15. The van der Waals surface area contributed by atoms with E-state index in [1.54, 1.807) is 14.2 Å². The molecule has 4 N–H and O–H groups in total. The number of aromatic nitrogens is 3. The molecule has 0 amide bonds. The van der Waals surface area contributed by atoms with Crippen molar-refractivity contribution in [1.29, 1.82) is 0 Å². The lowest BCUT2D eigenvalue weighted by molar-refractivity contribution is 0.414. The summed E-state index contributed by atoms with van der Waals surface area (Å²) in [4.78, 5) is 4.51. The summed E-state index contributed by atoms with van der Waals surface area (Å²) in [7, 11) is 3.28. The smallest absolute Gasteiger partial charge is 0.171 e. The Kier molecular flexibility index (Phi) is 5.70. The van der Waals surface area contributed by atoms with Crippen LogP contribution in [-0.4, -0.2) is 35.9 Å². The first-order chi connectivity index (χ1) is 12.7. The fourth-order valence-corrected chi connectivity index (χ4v) is 2.60. The Morgan fingerprint density at radius 1 is 1.08 bits per heavy atom. The maximum absolute atomic E-state index is 6.27. The number of anilines is 1. The van der Waals surface area contributed by atoms with Gasteiger partial charge in [-0.1, -0.05) is 18.2 Å². The molecule has 1 aromatic heterocycles. The van der Waals surface area contributed by atoms with Gasteiger partial charge in [-0.2, -0.15) is 5.10 Å². The topological polar surface area (TPSA) is 98.1 Å². The van der Waals surface area contributed by atoms with Crippen LogP contribution in [0.5, 0.6) is 11.5 Å². The predicted octanol–water partition coefficient (Wildman–Crippen LogP) is 2.52. The van der Waals surface area contributed by atoms with Crippen LogP contribution in [0.15, 0.2) is 48.5 Å². The molecule has 7 nitrogen and oxygen atoms in total. The molecule has 0 saturated heterocycles. The van der Waals surface area contributed by atoms with Crippen molar-refractivity contribution in [1.82, 2.24) is 15.2 Å². The maximum atomic E-state index is 6.27. The van der Waals surface area contributed by atoms with Crippen LogP contribution in [0.25, 0.3) is 0 Å². The molecule has 0 aliphatic carbocycles. The number of rotatable bonds is 8. The van der Waals surface area contributed by atoms with Gasteiger partial charge < -0.3 is 20.5 Å². The van der Waals surface area contributed by atoms with Crippen LogP contribution >= 0.6 is 0 Å². The Labute approximate surface area is 152 Å². The third kappa shape index (κ3) is 4.31. The Bertz CT molecular complexity index is 849. The summed E-state index contributed by atoms with van der Waals surface area (Å²) in [6.07, 6.45) is 0.703. The fraction of sp³-hybridized carbons (Fsp3) is 0.263. The number of nitrogens with one attached hydrogen (secondary N) is 2. The van der Waals surface area contributed by atoms with E-state index in [4.69, 9.17) is 15.2 Å². The molecule has 0 fully saturated rings. The van der Waals surface area contributed by atoms with Crippen molar-refractivity contribution in [2.45, 2.75) is 12.5 Å². The number of hydrogen-bond donors (Lipinski definition) is 3. The van der Waals surface area contributed by atoms with E-state index in [-0.39, 0.29) is 0 Å². The summed E-state index contributed by atoms with van der Waals surface area (Å²) in [5.74, 6) is 2.93. The molecule has 1 atom stereocenters. The van der Waals surface area contributed by atoms with Crippen molar-refractivity contribution in [2.75, 3.05) is 26.1 Å². The van der Waals surface area contributed by atoms with Crippen LogP contribution in [0.4, 0.5) is 5.69 Å². The van der Waals surface area contributed by atoms with Gasteiger partial charge in [-0.3, -0.25) is 5.10 Å². The standard InChI is InChI=1S/C19H23N5O2/c1-25-15-7-3-5-13(11-15)18(20)19-22-17(23-24-19)9-10-21-14-6-4-8-16(12-14)26-2/h3-8,11-12,18,21H,9-10,20H2,1-2H3,(H,22,23,24). The molecule has 0 bridgehead atoms. The van der Waals surface area contributed by atoms with Crippen molar-refractivity contribution in [3.05, 3.63) is 65.7 Å². The highest BCUT2D eigenvalue weighted by atomic mass is 16.5. The van der Waals surface area contributed by atoms with Crippen molar-refractivity contribution >= 4 is 5.69 Å². The highest BCUT2D eigenvalue weighted by molar-refractivity contribution is 5.48. The molecule has 0 radical (unpaired) electrons.